The van der Waals surface area contributed by atoms with E-state index in [9.17, 15) is 19.7 Å². The normalized spacial score (nSPS) is 14.4. The Labute approximate surface area is 165 Å². The predicted octanol–water partition coefficient (Wildman–Crippen LogP) is 3.75. The maximum Gasteiger partial charge on any atom is 0.305 e. The minimum Gasteiger partial charge on any atom is -0.466 e. The van der Waals surface area contributed by atoms with Crippen LogP contribution in [0.1, 0.15) is 62.2 Å². The molecule has 1 aliphatic carbocycles. The number of benzene rings is 1. The van der Waals surface area contributed by atoms with E-state index < -0.39 is 4.92 Å². The molecule has 28 heavy (non-hydrogen) atoms. The second-order valence-corrected chi connectivity index (χ2v) is 7.03. The molecular weight excluding hydrogens is 362 g/mol. The van der Waals surface area contributed by atoms with Crippen LogP contribution in [0.15, 0.2) is 18.2 Å². The molecule has 0 atom stereocenters. The third-order valence-electron chi connectivity index (χ3n) is 5.06. The molecule has 1 N–H and O–H groups in total. The van der Waals surface area contributed by atoms with Gasteiger partial charge in [-0.3, -0.25) is 19.7 Å². The van der Waals surface area contributed by atoms with Crippen molar-refractivity contribution in [1.29, 1.82) is 0 Å². The van der Waals surface area contributed by atoms with Crippen LogP contribution in [0, 0.1) is 10.1 Å². The molecular formula is C20H29N3O5. The number of rotatable bonds is 9. The molecule has 1 aromatic carbocycles. The van der Waals surface area contributed by atoms with Crippen molar-refractivity contribution in [3.8, 4) is 0 Å². The summed E-state index contributed by atoms with van der Waals surface area (Å²) in [6, 6.07) is 4.70. The topological polar surface area (TPSA) is 102 Å². The van der Waals surface area contributed by atoms with Crippen molar-refractivity contribution in [2.45, 2.75) is 57.9 Å². The van der Waals surface area contributed by atoms with Crippen LogP contribution in [0.25, 0.3) is 0 Å². The first-order chi connectivity index (χ1) is 13.4. The fourth-order valence-corrected chi connectivity index (χ4v) is 3.49. The van der Waals surface area contributed by atoms with E-state index in [2.05, 4.69) is 5.32 Å². The van der Waals surface area contributed by atoms with Gasteiger partial charge in [0.25, 0.3) is 11.6 Å². The highest BCUT2D eigenvalue weighted by Crippen LogP contribution is 2.28. The molecule has 0 heterocycles. The van der Waals surface area contributed by atoms with Gasteiger partial charge in [0.05, 0.1) is 11.5 Å². The minimum atomic E-state index is -0.495. The van der Waals surface area contributed by atoms with Gasteiger partial charge in [0.15, 0.2) is 0 Å². The molecule has 8 heteroatoms. The largest absolute Gasteiger partial charge is 0.466 e. The lowest BCUT2D eigenvalue weighted by Gasteiger charge is -2.31. The van der Waals surface area contributed by atoms with Crippen LogP contribution in [0.3, 0.4) is 0 Å². The smallest absolute Gasteiger partial charge is 0.305 e. The molecule has 0 spiro atoms. The third-order valence-corrected chi connectivity index (χ3v) is 5.06. The van der Waals surface area contributed by atoms with Crippen LogP contribution >= 0.6 is 0 Å². The van der Waals surface area contributed by atoms with Gasteiger partial charge in [-0.2, -0.15) is 0 Å². The van der Waals surface area contributed by atoms with E-state index in [0.717, 1.165) is 25.7 Å². The Morgan fingerprint density at radius 1 is 1.29 bits per heavy atom. The van der Waals surface area contributed by atoms with E-state index >= 15 is 0 Å². The Bertz CT molecular complexity index is 701. The van der Waals surface area contributed by atoms with Gasteiger partial charge >= 0.3 is 5.97 Å². The summed E-state index contributed by atoms with van der Waals surface area (Å²) in [6.07, 6.45) is 6.11. The Hall–Kier alpha value is -2.64. The summed E-state index contributed by atoms with van der Waals surface area (Å²) < 4.78 is 4.85. The number of hydrogen-bond donors (Lipinski definition) is 1. The number of amides is 1. The molecule has 1 fully saturated rings. The van der Waals surface area contributed by atoms with E-state index in [4.69, 9.17) is 4.74 Å². The molecule has 0 aromatic heterocycles. The van der Waals surface area contributed by atoms with Crippen LogP contribution in [0.2, 0.25) is 0 Å². The van der Waals surface area contributed by atoms with Gasteiger partial charge < -0.3 is 15.0 Å². The number of nitrogens with one attached hydrogen (secondary N) is 1. The summed E-state index contributed by atoms with van der Waals surface area (Å²) in [4.78, 5) is 36.8. The number of nitro benzene ring substituents is 1. The average molecular weight is 391 g/mol. The number of anilines is 1. The molecule has 2 rings (SSSR count). The average Bonchev–Trinajstić information content (AvgIpc) is 2.71. The van der Waals surface area contributed by atoms with Crippen molar-refractivity contribution in [3.63, 3.8) is 0 Å². The molecule has 1 aromatic rings. The zero-order valence-corrected chi connectivity index (χ0v) is 16.6. The lowest BCUT2D eigenvalue weighted by Crippen LogP contribution is -2.38. The van der Waals surface area contributed by atoms with Crippen LogP contribution < -0.4 is 5.32 Å². The molecule has 0 saturated heterocycles. The van der Waals surface area contributed by atoms with E-state index in [0.29, 0.717) is 30.8 Å². The van der Waals surface area contributed by atoms with Crippen molar-refractivity contribution in [1.82, 2.24) is 4.90 Å². The van der Waals surface area contributed by atoms with Crippen LogP contribution in [-0.2, 0) is 9.53 Å². The molecule has 0 radical (unpaired) electrons. The number of esters is 1. The van der Waals surface area contributed by atoms with E-state index in [1.54, 1.807) is 31.0 Å². The van der Waals surface area contributed by atoms with Crippen LogP contribution in [0.5, 0.6) is 0 Å². The van der Waals surface area contributed by atoms with Gasteiger partial charge in [0.2, 0.25) is 0 Å². The fourth-order valence-electron chi connectivity index (χ4n) is 3.49. The van der Waals surface area contributed by atoms with E-state index in [-0.39, 0.29) is 30.0 Å². The Kier molecular flexibility index (Phi) is 8.22. The molecule has 0 unspecified atom stereocenters. The summed E-state index contributed by atoms with van der Waals surface area (Å²) in [5, 5.41) is 14.4. The summed E-state index contributed by atoms with van der Waals surface area (Å²) >= 11 is 0. The third kappa shape index (κ3) is 5.94. The molecule has 154 valence electrons. The number of carbonyl (C=O) groups excluding carboxylic acids is 2. The molecule has 1 amide bonds. The monoisotopic (exact) mass is 391 g/mol. The minimum absolute atomic E-state index is 0.140. The van der Waals surface area contributed by atoms with Crippen molar-refractivity contribution in [3.05, 3.63) is 33.9 Å². The molecule has 1 saturated carbocycles. The summed E-state index contributed by atoms with van der Waals surface area (Å²) in [5.41, 5.74) is 0.515. The quantitative estimate of drug-likeness (QED) is 0.298. The Morgan fingerprint density at radius 3 is 2.64 bits per heavy atom. The van der Waals surface area contributed by atoms with Crippen molar-refractivity contribution in [2.75, 3.05) is 25.5 Å². The van der Waals surface area contributed by atoms with Crippen LogP contribution in [-0.4, -0.2) is 47.9 Å². The molecule has 1 aliphatic rings. The molecule has 8 nitrogen and oxygen atoms in total. The van der Waals surface area contributed by atoms with E-state index in [1.807, 2.05) is 0 Å². The number of nitrogens with zero attached hydrogens (tertiary/aromatic N) is 2. The molecule has 0 aliphatic heterocycles. The van der Waals surface area contributed by atoms with E-state index in [1.165, 1.54) is 12.5 Å². The number of hydrogen-bond acceptors (Lipinski definition) is 6. The lowest BCUT2D eigenvalue weighted by atomic mass is 9.94. The lowest BCUT2D eigenvalue weighted by molar-refractivity contribution is -0.384. The second kappa shape index (κ2) is 10.6. The first-order valence-corrected chi connectivity index (χ1v) is 9.89. The van der Waals surface area contributed by atoms with Crippen LogP contribution in [0.4, 0.5) is 11.4 Å². The van der Waals surface area contributed by atoms with Crippen molar-refractivity contribution >= 4 is 23.3 Å². The van der Waals surface area contributed by atoms with Gasteiger partial charge in [0, 0.05) is 37.7 Å². The summed E-state index contributed by atoms with van der Waals surface area (Å²) in [7, 11) is 1.77. The highest BCUT2D eigenvalue weighted by atomic mass is 16.6. The first kappa shape index (κ1) is 21.7. The molecule has 0 bridgehead atoms. The van der Waals surface area contributed by atoms with Gasteiger partial charge in [-0.15, -0.1) is 0 Å². The van der Waals surface area contributed by atoms with Gasteiger partial charge in [-0.05, 0) is 38.3 Å². The predicted molar refractivity (Wildman–Crippen MR) is 106 cm³/mol. The van der Waals surface area contributed by atoms with Gasteiger partial charge in [-0.25, -0.2) is 0 Å². The highest BCUT2D eigenvalue weighted by molar-refractivity contribution is 5.95. The van der Waals surface area contributed by atoms with Crippen molar-refractivity contribution < 1.29 is 19.2 Å². The fraction of sp³-hybridized carbons (Fsp3) is 0.600. The zero-order valence-electron chi connectivity index (χ0n) is 16.6. The number of nitro groups is 1. The Morgan fingerprint density at radius 2 is 2.00 bits per heavy atom. The number of carbonyl (C=O) groups is 2. The van der Waals surface area contributed by atoms with Crippen molar-refractivity contribution in [2.24, 2.45) is 0 Å². The van der Waals surface area contributed by atoms with Gasteiger partial charge in [0.1, 0.15) is 5.69 Å². The Balaban J connectivity index is 2.02. The highest BCUT2D eigenvalue weighted by Gasteiger charge is 2.25. The SMILES string of the molecule is CCOC(=O)CCCNc1ccc(C(=O)N(C)C2CCCCC2)cc1[N+](=O)[O-]. The maximum atomic E-state index is 12.8. The summed E-state index contributed by atoms with van der Waals surface area (Å²) in [5.74, 6) is -0.477. The summed E-state index contributed by atoms with van der Waals surface area (Å²) in [6.45, 7) is 2.48. The zero-order chi connectivity index (χ0) is 20.5. The van der Waals surface area contributed by atoms with Gasteiger partial charge in [-0.1, -0.05) is 19.3 Å². The first-order valence-electron chi connectivity index (χ1n) is 9.89. The standard InChI is InChI=1S/C20H29N3O5/c1-3-28-19(24)10-7-13-21-17-12-11-15(14-18(17)23(26)27)20(25)22(2)16-8-5-4-6-9-16/h11-12,14,16,21H,3-10,13H2,1-2H3. The maximum absolute atomic E-state index is 12.8. The number of ether oxygens (including phenoxy) is 1. The second-order valence-electron chi connectivity index (χ2n) is 7.03.